The second kappa shape index (κ2) is 3.41. The Labute approximate surface area is 90.4 Å². The average molecular weight is 281 g/mol. The van der Waals surface area contributed by atoms with Crippen molar-refractivity contribution in [1.29, 1.82) is 0 Å². The van der Waals surface area contributed by atoms with Crippen LogP contribution in [0.3, 0.4) is 0 Å². The molecule has 15 heavy (non-hydrogen) atoms. The predicted octanol–water partition coefficient (Wildman–Crippen LogP) is 3.22. The van der Waals surface area contributed by atoms with E-state index in [9.17, 15) is 13.2 Å². The maximum absolute atomic E-state index is 12.0. The average Bonchev–Trinajstić information content (AvgIpc) is 2.43. The summed E-state index contributed by atoms with van der Waals surface area (Å²) in [6.45, 7) is 0. The predicted molar refractivity (Wildman–Crippen MR) is 50.5 cm³/mol. The number of alkyl halides is 3. The van der Waals surface area contributed by atoms with Crippen LogP contribution < -0.4 is 4.74 Å². The summed E-state index contributed by atoms with van der Waals surface area (Å²) in [5.74, 6) is -0.318. The zero-order valence-corrected chi connectivity index (χ0v) is 8.69. The van der Waals surface area contributed by atoms with Crippen LogP contribution in [-0.2, 0) is 0 Å². The molecule has 2 rings (SSSR count). The zero-order valence-electron chi connectivity index (χ0n) is 7.10. The number of hydrogen-bond acceptors (Lipinski definition) is 2. The van der Waals surface area contributed by atoms with Crippen LogP contribution in [0.5, 0.6) is 5.75 Å². The third kappa shape index (κ3) is 2.23. The number of halogens is 4. The Morgan fingerprint density at radius 1 is 1.33 bits per heavy atom. The minimum atomic E-state index is -4.71. The third-order valence-corrected chi connectivity index (χ3v) is 2.05. The van der Waals surface area contributed by atoms with Gasteiger partial charge in [0.25, 0.3) is 0 Å². The van der Waals surface area contributed by atoms with Gasteiger partial charge >= 0.3 is 6.36 Å². The summed E-state index contributed by atoms with van der Waals surface area (Å²) in [6, 6.07) is 4.27. The van der Waals surface area contributed by atoms with Crippen molar-refractivity contribution in [3.05, 3.63) is 22.9 Å². The Morgan fingerprint density at radius 2 is 2.07 bits per heavy atom. The molecule has 0 fully saturated rings. The van der Waals surface area contributed by atoms with E-state index in [0.29, 0.717) is 10.3 Å². The van der Waals surface area contributed by atoms with Crippen LogP contribution in [0.4, 0.5) is 13.2 Å². The molecular formula is C8H4BrF3N2O. The van der Waals surface area contributed by atoms with Gasteiger partial charge in [0.05, 0.1) is 5.52 Å². The van der Waals surface area contributed by atoms with Crippen LogP contribution in [0.15, 0.2) is 22.9 Å². The number of para-hydroxylation sites is 1. The van der Waals surface area contributed by atoms with E-state index < -0.39 is 6.36 Å². The molecule has 0 radical (unpaired) electrons. The van der Waals surface area contributed by atoms with Crippen molar-refractivity contribution in [2.75, 3.05) is 0 Å². The van der Waals surface area contributed by atoms with E-state index in [0.717, 1.165) is 0 Å². The fourth-order valence-electron chi connectivity index (χ4n) is 1.18. The normalized spacial score (nSPS) is 12.0. The fourth-order valence-corrected chi connectivity index (χ4v) is 1.57. The number of aromatic amines is 1. The van der Waals surface area contributed by atoms with Crippen LogP contribution in [-0.4, -0.2) is 16.3 Å². The van der Waals surface area contributed by atoms with Gasteiger partial charge in [0.15, 0.2) is 10.5 Å². The molecule has 2 aromatic rings. The topological polar surface area (TPSA) is 37.9 Å². The standard InChI is InChI=1S/C8H4BrF3N2O/c9-7-13-4-2-1-3-5(6(4)14-7)15-8(10,11)12/h1-3H,(H,13,14). The van der Waals surface area contributed by atoms with Crippen molar-refractivity contribution in [2.45, 2.75) is 6.36 Å². The number of imidazole rings is 1. The van der Waals surface area contributed by atoms with Gasteiger partial charge in [-0.3, -0.25) is 0 Å². The Hall–Kier alpha value is -1.24. The largest absolute Gasteiger partial charge is 0.573 e. The maximum atomic E-state index is 12.0. The van der Waals surface area contributed by atoms with Crippen LogP contribution in [0.1, 0.15) is 0 Å². The monoisotopic (exact) mass is 280 g/mol. The minimum absolute atomic E-state index is 0.140. The number of ether oxygens (including phenoxy) is 1. The number of nitrogens with one attached hydrogen (secondary N) is 1. The summed E-state index contributed by atoms with van der Waals surface area (Å²) < 4.78 is 40.2. The maximum Gasteiger partial charge on any atom is 0.573 e. The van der Waals surface area contributed by atoms with Gasteiger partial charge in [-0.1, -0.05) is 6.07 Å². The number of nitrogens with zero attached hydrogens (tertiary/aromatic N) is 1. The van der Waals surface area contributed by atoms with E-state index in [4.69, 9.17) is 0 Å². The molecule has 0 amide bonds. The summed E-state index contributed by atoms with van der Waals surface area (Å²) >= 11 is 3.03. The first-order valence-electron chi connectivity index (χ1n) is 3.86. The highest BCUT2D eigenvalue weighted by atomic mass is 79.9. The number of hydrogen-bond donors (Lipinski definition) is 1. The lowest BCUT2D eigenvalue weighted by molar-refractivity contribution is -0.274. The summed E-state index contributed by atoms with van der Waals surface area (Å²) in [7, 11) is 0. The van der Waals surface area contributed by atoms with Gasteiger partial charge in [0.1, 0.15) is 5.52 Å². The van der Waals surface area contributed by atoms with Gasteiger partial charge in [0.2, 0.25) is 0 Å². The molecule has 1 aromatic carbocycles. The molecule has 0 unspecified atom stereocenters. The molecule has 0 aliphatic rings. The second-order valence-corrected chi connectivity index (χ2v) is 3.48. The van der Waals surface area contributed by atoms with Gasteiger partial charge in [-0.25, -0.2) is 4.98 Å². The van der Waals surface area contributed by atoms with Gasteiger partial charge in [-0.2, -0.15) is 0 Å². The van der Waals surface area contributed by atoms with E-state index in [1.165, 1.54) is 12.1 Å². The second-order valence-electron chi connectivity index (χ2n) is 2.73. The van der Waals surface area contributed by atoms with Crippen LogP contribution in [0.2, 0.25) is 0 Å². The molecule has 0 saturated carbocycles. The van der Waals surface area contributed by atoms with Crippen molar-refractivity contribution < 1.29 is 17.9 Å². The fraction of sp³-hybridized carbons (Fsp3) is 0.125. The molecule has 3 nitrogen and oxygen atoms in total. The lowest BCUT2D eigenvalue weighted by Crippen LogP contribution is -2.17. The van der Waals surface area contributed by atoms with Crippen molar-refractivity contribution in [2.24, 2.45) is 0 Å². The van der Waals surface area contributed by atoms with Crippen LogP contribution >= 0.6 is 15.9 Å². The van der Waals surface area contributed by atoms with Crippen molar-refractivity contribution in [3.8, 4) is 5.75 Å². The highest BCUT2D eigenvalue weighted by Crippen LogP contribution is 2.29. The van der Waals surface area contributed by atoms with Gasteiger partial charge in [-0.05, 0) is 28.1 Å². The van der Waals surface area contributed by atoms with Crippen LogP contribution in [0.25, 0.3) is 11.0 Å². The zero-order chi connectivity index (χ0) is 11.1. The van der Waals surface area contributed by atoms with E-state index in [-0.39, 0.29) is 11.3 Å². The van der Waals surface area contributed by atoms with Crippen molar-refractivity contribution in [1.82, 2.24) is 9.97 Å². The van der Waals surface area contributed by atoms with Gasteiger partial charge in [-0.15, -0.1) is 13.2 Å². The Kier molecular flexibility index (Phi) is 2.34. The van der Waals surface area contributed by atoms with Crippen molar-refractivity contribution >= 4 is 27.0 Å². The van der Waals surface area contributed by atoms with E-state index in [1.807, 2.05) is 0 Å². The molecule has 1 N–H and O–H groups in total. The van der Waals surface area contributed by atoms with Crippen molar-refractivity contribution in [3.63, 3.8) is 0 Å². The summed E-state index contributed by atoms with van der Waals surface area (Å²) in [5.41, 5.74) is 0.616. The molecule has 80 valence electrons. The molecule has 1 heterocycles. The molecule has 0 bridgehead atoms. The van der Waals surface area contributed by atoms with Gasteiger partial charge in [0, 0.05) is 0 Å². The highest BCUT2D eigenvalue weighted by molar-refractivity contribution is 9.10. The molecule has 0 saturated heterocycles. The lowest BCUT2D eigenvalue weighted by Gasteiger charge is -2.08. The third-order valence-electron chi connectivity index (χ3n) is 1.67. The minimum Gasteiger partial charge on any atom is -0.403 e. The number of fused-ring (bicyclic) bond motifs is 1. The molecule has 0 atom stereocenters. The quantitative estimate of drug-likeness (QED) is 0.871. The summed E-state index contributed by atoms with van der Waals surface area (Å²) in [4.78, 5) is 6.58. The molecule has 0 aliphatic heterocycles. The number of benzene rings is 1. The van der Waals surface area contributed by atoms with Gasteiger partial charge < -0.3 is 9.72 Å². The first-order valence-corrected chi connectivity index (χ1v) is 4.65. The molecular weight excluding hydrogens is 277 g/mol. The Morgan fingerprint density at radius 3 is 2.73 bits per heavy atom. The molecule has 0 spiro atoms. The lowest BCUT2D eigenvalue weighted by atomic mass is 10.3. The molecule has 1 aromatic heterocycles. The first kappa shape index (κ1) is 10.3. The smallest absolute Gasteiger partial charge is 0.403 e. The number of H-pyrrole nitrogens is 1. The Balaban J connectivity index is 2.51. The number of rotatable bonds is 1. The Bertz CT molecular complexity index is 494. The number of aromatic nitrogens is 2. The van der Waals surface area contributed by atoms with E-state index in [1.54, 1.807) is 6.07 Å². The molecule has 7 heteroatoms. The summed E-state index contributed by atoms with van der Waals surface area (Å²) in [5, 5.41) is 0. The highest BCUT2D eigenvalue weighted by Gasteiger charge is 2.32. The van der Waals surface area contributed by atoms with Crippen LogP contribution in [0, 0.1) is 0 Å². The van der Waals surface area contributed by atoms with E-state index in [2.05, 4.69) is 30.6 Å². The summed E-state index contributed by atoms with van der Waals surface area (Å²) in [6.07, 6.45) is -4.71. The SMILES string of the molecule is FC(F)(F)Oc1cccc2[nH]c(Br)nc12. The molecule has 0 aliphatic carbocycles. The van der Waals surface area contributed by atoms with E-state index >= 15 is 0 Å². The first-order chi connectivity index (χ1) is 6.96.